The topological polar surface area (TPSA) is 0 Å². The lowest BCUT2D eigenvalue weighted by Crippen LogP contribution is -2.38. The van der Waals surface area contributed by atoms with E-state index in [1.807, 2.05) is 22.3 Å². The highest BCUT2D eigenvalue weighted by Crippen LogP contribution is 2.61. The molecule has 2 aromatic rings. The maximum Gasteiger partial charge on any atom is -0.00435 e. The molecule has 44 heavy (non-hydrogen) atoms. The summed E-state index contributed by atoms with van der Waals surface area (Å²) in [4.78, 5) is 0. The van der Waals surface area contributed by atoms with Gasteiger partial charge in [-0.15, -0.1) is 0 Å². The molecular weight excluding hydrogens is 528 g/mol. The van der Waals surface area contributed by atoms with Gasteiger partial charge in [-0.25, -0.2) is 0 Å². The van der Waals surface area contributed by atoms with E-state index in [9.17, 15) is 0 Å². The van der Waals surface area contributed by atoms with Crippen LogP contribution in [-0.4, -0.2) is 0 Å². The van der Waals surface area contributed by atoms with Crippen molar-refractivity contribution in [1.29, 1.82) is 0 Å². The Morgan fingerprint density at radius 3 is 0.977 bits per heavy atom. The summed E-state index contributed by atoms with van der Waals surface area (Å²) >= 11 is 0. The molecule has 0 radical (unpaired) electrons. The van der Waals surface area contributed by atoms with Gasteiger partial charge in [0.1, 0.15) is 0 Å². The number of fused-ring (bicyclic) bond motifs is 8. The van der Waals surface area contributed by atoms with Gasteiger partial charge in [0, 0.05) is 0 Å². The summed E-state index contributed by atoms with van der Waals surface area (Å²) in [5.41, 5.74) is 19.4. The first-order valence-electron chi connectivity index (χ1n) is 19.4. The lowest BCUT2D eigenvalue weighted by atomic mass is 9.58. The number of allylic oxidation sites excluding steroid dienone is 4. The van der Waals surface area contributed by atoms with Gasteiger partial charge in [0.2, 0.25) is 0 Å². The lowest BCUT2D eigenvalue weighted by Gasteiger charge is -2.46. The molecule has 10 rings (SSSR count). The van der Waals surface area contributed by atoms with Crippen molar-refractivity contribution in [2.24, 2.45) is 0 Å². The first-order valence-corrected chi connectivity index (χ1v) is 19.4. The van der Waals surface area contributed by atoms with Crippen LogP contribution in [0.2, 0.25) is 0 Å². The Bertz CT molecular complexity index is 1450. The van der Waals surface area contributed by atoms with Gasteiger partial charge in [-0.2, -0.15) is 0 Å². The van der Waals surface area contributed by atoms with Crippen molar-refractivity contribution in [3.8, 4) is 0 Å². The summed E-state index contributed by atoms with van der Waals surface area (Å²) in [7, 11) is 0. The van der Waals surface area contributed by atoms with Crippen LogP contribution >= 0.6 is 0 Å². The van der Waals surface area contributed by atoms with Gasteiger partial charge in [0.15, 0.2) is 0 Å². The largest absolute Gasteiger partial charge is 0.0763 e. The minimum atomic E-state index is 0.505. The molecule has 0 nitrogen and oxygen atoms in total. The van der Waals surface area contributed by atoms with Crippen LogP contribution in [0.4, 0.5) is 0 Å². The zero-order chi connectivity index (χ0) is 29.0. The second-order valence-electron chi connectivity index (χ2n) is 17.4. The molecule has 0 amide bonds. The molecule has 8 aliphatic rings. The molecule has 230 valence electrons. The minimum Gasteiger partial charge on any atom is -0.0763 e. The standard InChI is InChI=1S/C44H54/c1-2-16-41(15-1)23-25-43(19-5-6-20-43)39-29-35-31(11-13-33(35)27-37(39)41)9-10-32-12-14-34-28-38-40(30-36(32)34)44(21-7-8-22-44)26-24-42(38)17-3-4-18-42/h11-12,27-30H,1-10,13-26H2. The van der Waals surface area contributed by atoms with E-state index in [4.69, 9.17) is 0 Å². The van der Waals surface area contributed by atoms with Crippen molar-refractivity contribution in [1.82, 2.24) is 0 Å². The molecular formula is C44H54. The average molecular weight is 583 g/mol. The van der Waals surface area contributed by atoms with E-state index < -0.39 is 0 Å². The maximum atomic E-state index is 2.80. The van der Waals surface area contributed by atoms with E-state index >= 15 is 0 Å². The number of rotatable bonds is 3. The molecule has 8 aliphatic carbocycles. The summed E-state index contributed by atoms with van der Waals surface area (Å²) < 4.78 is 0. The normalized spacial score (nSPS) is 27.6. The molecule has 0 atom stereocenters. The summed E-state index contributed by atoms with van der Waals surface area (Å²) in [6.45, 7) is 0. The van der Waals surface area contributed by atoms with E-state index in [2.05, 4.69) is 36.4 Å². The van der Waals surface area contributed by atoms with Crippen molar-refractivity contribution in [3.05, 3.63) is 80.9 Å². The van der Waals surface area contributed by atoms with Crippen molar-refractivity contribution in [2.75, 3.05) is 0 Å². The molecule has 4 spiro atoms. The predicted octanol–water partition coefficient (Wildman–Crippen LogP) is 11.9. The summed E-state index contributed by atoms with van der Waals surface area (Å²) in [5.74, 6) is 0. The first kappa shape index (κ1) is 27.1. The third-order valence-corrected chi connectivity index (χ3v) is 15.7. The minimum absolute atomic E-state index is 0.505. The van der Waals surface area contributed by atoms with Crippen molar-refractivity contribution >= 4 is 11.1 Å². The van der Waals surface area contributed by atoms with Crippen molar-refractivity contribution in [3.63, 3.8) is 0 Å². The van der Waals surface area contributed by atoms with Gasteiger partial charge in [-0.05, 0) is 180 Å². The van der Waals surface area contributed by atoms with Gasteiger partial charge < -0.3 is 0 Å². The van der Waals surface area contributed by atoms with E-state index in [0.29, 0.717) is 21.7 Å². The third-order valence-electron chi connectivity index (χ3n) is 15.7. The molecule has 2 aromatic carbocycles. The molecule has 4 saturated carbocycles. The van der Waals surface area contributed by atoms with E-state index in [-0.39, 0.29) is 0 Å². The van der Waals surface area contributed by atoms with Crippen molar-refractivity contribution in [2.45, 2.75) is 176 Å². The fourth-order valence-electron chi connectivity index (χ4n) is 13.2. The van der Waals surface area contributed by atoms with Crippen LogP contribution in [-0.2, 0) is 34.5 Å². The van der Waals surface area contributed by atoms with Crippen LogP contribution in [0.3, 0.4) is 0 Å². The molecule has 0 aromatic heterocycles. The van der Waals surface area contributed by atoms with Gasteiger partial charge in [-0.1, -0.05) is 87.8 Å². The Morgan fingerprint density at radius 2 is 0.659 bits per heavy atom. The van der Waals surface area contributed by atoms with E-state index in [1.54, 1.807) is 33.4 Å². The van der Waals surface area contributed by atoms with Crippen LogP contribution in [0, 0.1) is 0 Å². The fraction of sp³-hybridized carbons (Fsp3) is 0.636. The number of hydrogen-bond acceptors (Lipinski definition) is 0. The molecule has 0 saturated heterocycles. The molecule has 0 bridgehead atoms. The first-order chi connectivity index (χ1) is 21.6. The summed E-state index contributed by atoms with van der Waals surface area (Å²) in [6, 6.07) is 11.1. The highest BCUT2D eigenvalue weighted by Gasteiger charge is 2.50. The molecule has 0 unspecified atom stereocenters. The predicted molar refractivity (Wildman–Crippen MR) is 185 cm³/mol. The molecule has 0 heterocycles. The zero-order valence-corrected chi connectivity index (χ0v) is 27.4. The highest BCUT2D eigenvalue weighted by molar-refractivity contribution is 5.79. The second kappa shape index (κ2) is 9.72. The highest BCUT2D eigenvalue weighted by atomic mass is 14.5. The Balaban J connectivity index is 0.962. The van der Waals surface area contributed by atoms with Crippen LogP contribution < -0.4 is 0 Å². The second-order valence-corrected chi connectivity index (χ2v) is 17.4. The Labute approximate surface area is 267 Å². The van der Waals surface area contributed by atoms with Crippen LogP contribution in [0.25, 0.3) is 11.1 Å². The quantitative estimate of drug-likeness (QED) is 0.338. The summed E-state index contributed by atoms with van der Waals surface area (Å²) in [6.07, 6.45) is 39.2. The van der Waals surface area contributed by atoms with Gasteiger partial charge in [0.25, 0.3) is 0 Å². The Hall–Kier alpha value is -2.08. The molecule has 0 aliphatic heterocycles. The Kier molecular flexibility index (Phi) is 5.98. The van der Waals surface area contributed by atoms with Crippen LogP contribution in [0.15, 0.2) is 36.4 Å². The van der Waals surface area contributed by atoms with Gasteiger partial charge >= 0.3 is 0 Å². The van der Waals surface area contributed by atoms with E-state index in [0.717, 1.165) is 0 Å². The van der Waals surface area contributed by atoms with Gasteiger partial charge in [-0.3, -0.25) is 0 Å². The third kappa shape index (κ3) is 3.75. The van der Waals surface area contributed by atoms with Crippen LogP contribution in [0.1, 0.15) is 186 Å². The Morgan fingerprint density at radius 1 is 0.364 bits per heavy atom. The monoisotopic (exact) mass is 582 g/mol. The zero-order valence-electron chi connectivity index (χ0n) is 27.4. The molecule has 4 fully saturated rings. The number of hydrogen-bond donors (Lipinski definition) is 0. The molecule has 0 heteroatoms. The van der Waals surface area contributed by atoms with Crippen molar-refractivity contribution < 1.29 is 0 Å². The fourth-order valence-corrected chi connectivity index (χ4v) is 13.2. The SMILES string of the molecule is C1=C(CCC2=CCc3cc4c(cc32)C2(CCCC2)CCC42CCCC2)c2cc3c(cc2C1)C1(CCCC1)CCC31CCCC1. The van der Waals surface area contributed by atoms with E-state index in [1.165, 1.54) is 154 Å². The van der Waals surface area contributed by atoms with Crippen LogP contribution in [0.5, 0.6) is 0 Å². The van der Waals surface area contributed by atoms with Gasteiger partial charge in [0.05, 0.1) is 0 Å². The smallest absolute Gasteiger partial charge is 0.00435 e. The summed E-state index contributed by atoms with van der Waals surface area (Å²) in [5, 5.41) is 0. The number of benzene rings is 2. The molecule has 0 N–H and O–H groups in total. The maximum absolute atomic E-state index is 2.80. The lowest BCUT2D eigenvalue weighted by molar-refractivity contribution is 0.270. The average Bonchev–Trinajstić information content (AvgIpc) is 3.90.